The molecule has 0 aliphatic heterocycles. The van der Waals surface area contributed by atoms with Gasteiger partial charge in [0.25, 0.3) is 0 Å². The minimum Gasteiger partial charge on any atom is -0.0925 e. The zero-order valence-corrected chi connectivity index (χ0v) is 7.23. The molecule has 0 spiro atoms. The molecule has 2 fully saturated rings. The predicted octanol–water partition coefficient (Wildman–Crippen LogP) is 2.82. The lowest BCUT2D eigenvalue weighted by Gasteiger charge is -2.17. The summed E-state index contributed by atoms with van der Waals surface area (Å²) in [5.41, 5.74) is 0. The van der Waals surface area contributed by atoms with Crippen LogP contribution < -0.4 is 0 Å². The molecule has 3 unspecified atom stereocenters. The van der Waals surface area contributed by atoms with Crippen LogP contribution in [0.15, 0.2) is 0 Å². The van der Waals surface area contributed by atoms with Crippen LogP contribution in [0.5, 0.6) is 0 Å². The second kappa shape index (κ2) is 2.26. The van der Waals surface area contributed by atoms with Gasteiger partial charge in [0.1, 0.15) is 0 Å². The van der Waals surface area contributed by atoms with Crippen molar-refractivity contribution < 1.29 is 0 Å². The largest absolute Gasteiger partial charge is 0.0925 e. The van der Waals surface area contributed by atoms with E-state index >= 15 is 0 Å². The lowest BCUT2D eigenvalue weighted by atomic mass is 9.91. The Labute approximate surface area is 65.1 Å². The Bertz CT molecular complexity index is 111. The molecule has 0 heterocycles. The van der Waals surface area contributed by atoms with Gasteiger partial charge in [-0.25, -0.2) is 0 Å². The molecule has 0 aromatic carbocycles. The first-order valence-corrected chi connectivity index (χ1v) is 5.10. The maximum Gasteiger partial charge on any atom is 0.00624 e. The summed E-state index contributed by atoms with van der Waals surface area (Å²) in [5.74, 6) is 3.34. The summed E-state index contributed by atoms with van der Waals surface area (Å²) < 4.78 is 0. The summed E-state index contributed by atoms with van der Waals surface area (Å²) >= 11 is 3.58. The molecule has 0 radical (unpaired) electrons. The van der Waals surface area contributed by atoms with Crippen LogP contribution in [0.25, 0.3) is 0 Å². The van der Waals surface area contributed by atoms with Crippen molar-refractivity contribution in [3.8, 4) is 0 Å². The Hall–Kier alpha value is 0.480. The maximum absolute atomic E-state index is 3.58. The van der Waals surface area contributed by atoms with Gasteiger partial charge < -0.3 is 0 Å². The van der Waals surface area contributed by atoms with Gasteiger partial charge in [-0.3, -0.25) is 0 Å². The van der Waals surface area contributed by atoms with Crippen molar-refractivity contribution in [3.63, 3.8) is 0 Å². The first-order chi connectivity index (χ1) is 4.42. The van der Waals surface area contributed by atoms with Crippen molar-refractivity contribution in [1.29, 1.82) is 0 Å². The lowest BCUT2D eigenvalue weighted by Crippen LogP contribution is -2.10. The smallest absolute Gasteiger partial charge is 0.00624 e. The third-order valence-electron chi connectivity index (χ3n) is 2.93. The Balaban J connectivity index is 1.93. The number of halogens is 1. The first-order valence-electron chi connectivity index (χ1n) is 3.98. The van der Waals surface area contributed by atoms with Crippen LogP contribution in [0.4, 0.5) is 0 Å². The molecule has 0 amide bonds. The van der Waals surface area contributed by atoms with E-state index in [0.29, 0.717) is 0 Å². The van der Waals surface area contributed by atoms with E-state index in [-0.39, 0.29) is 0 Å². The lowest BCUT2D eigenvalue weighted by molar-refractivity contribution is 0.369. The highest BCUT2D eigenvalue weighted by atomic mass is 79.9. The van der Waals surface area contributed by atoms with Gasteiger partial charge in [-0.15, -0.1) is 0 Å². The number of fused-ring (bicyclic) bond motifs is 1. The SMILES string of the molecule is BrCC1CCCC2CC12. The Morgan fingerprint density at radius 1 is 1.33 bits per heavy atom. The zero-order valence-electron chi connectivity index (χ0n) is 5.65. The van der Waals surface area contributed by atoms with Gasteiger partial charge in [-0.05, 0) is 30.6 Å². The van der Waals surface area contributed by atoms with Crippen LogP contribution in [0, 0.1) is 17.8 Å². The molecule has 9 heavy (non-hydrogen) atoms. The highest BCUT2D eigenvalue weighted by Gasteiger charge is 2.44. The van der Waals surface area contributed by atoms with Gasteiger partial charge in [0, 0.05) is 5.33 Å². The van der Waals surface area contributed by atoms with E-state index in [9.17, 15) is 0 Å². The summed E-state index contributed by atoms with van der Waals surface area (Å²) in [6, 6.07) is 0. The van der Waals surface area contributed by atoms with E-state index < -0.39 is 0 Å². The third-order valence-corrected chi connectivity index (χ3v) is 3.76. The molecule has 0 nitrogen and oxygen atoms in total. The minimum atomic E-state index is 1.05. The predicted molar refractivity (Wildman–Crippen MR) is 42.7 cm³/mol. The minimum absolute atomic E-state index is 1.05. The number of hydrogen-bond donors (Lipinski definition) is 0. The molecule has 0 aromatic rings. The van der Waals surface area contributed by atoms with Crippen LogP contribution in [0.2, 0.25) is 0 Å². The molecule has 2 aliphatic carbocycles. The average Bonchev–Trinajstić information content (AvgIpc) is 2.64. The van der Waals surface area contributed by atoms with Crippen LogP contribution >= 0.6 is 15.9 Å². The maximum atomic E-state index is 3.58. The normalized spacial score (nSPS) is 48.3. The summed E-state index contributed by atoms with van der Waals surface area (Å²) in [7, 11) is 0. The zero-order chi connectivity index (χ0) is 6.27. The standard InChI is InChI=1S/C8H13Br/c9-5-7-3-1-2-6-4-8(6)7/h6-8H,1-5H2. The third kappa shape index (κ3) is 1.04. The highest BCUT2D eigenvalue weighted by Crippen LogP contribution is 2.53. The Kier molecular flexibility index (Phi) is 1.56. The summed E-state index contributed by atoms with van der Waals surface area (Å²) in [6.45, 7) is 0. The van der Waals surface area contributed by atoms with Gasteiger partial charge in [0.05, 0.1) is 0 Å². The number of alkyl halides is 1. The van der Waals surface area contributed by atoms with Gasteiger partial charge in [0.15, 0.2) is 0 Å². The first kappa shape index (κ1) is 6.21. The average molecular weight is 189 g/mol. The Morgan fingerprint density at radius 3 is 2.89 bits per heavy atom. The molecule has 2 rings (SSSR count). The monoisotopic (exact) mass is 188 g/mol. The molecule has 3 atom stereocenters. The fourth-order valence-electron chi connectivity index (χ4n) is 2.23. The highest BCUT2D eigenvalue weighted by molar-refractivity contribution is 9.09. The topological polar surface area (TPSA) is 0 Å². The van der Waals surface area contributed by atoms with Crippen molar-refractivity contribution in [2.45, 2.75) is 25.7 Å². The molecule has 52 valence electrons. The number of hydrogen-bond acceptors (Lipinski definition) is 0. The molecule has 2 saturated carbocycles. The second-order valence-electron chi connectivity index (χ2n) is 3.50. The van der Waals surface area contributed by atoms with Crippen molar-refractivity contribution in [1.82, 2.24) is 0 Å². The van der Waals surface area contributed by atoms with Crippen molar-refractivity contribution in [2.24, 2.45) is 17.8 Å². The summed E-state index contributed by atoms with van der Waals surface area (Å²) in [5, 5.41) is 1.26. The Morgan fingerprint density at radius 2 is 2.22 bits per heavy atom. The van der Waals surface area contributed by atoms with Crippen LogP contribution in [-0.2, 0) is 0 Å². The fraction of sp³-hybridized carbons (Fsp3) is 1.00. The van der Waals surface area contributed by atoms with Gasteiger partial charge >= 0.3 is 0 Å². The van der Waals surface area contributed by atoms with Gasteiger partial charge in [0.2, 0.25) is 0 Å². The van der Waals surface area contributed by atoms with Crippen molar-refractivity contribution >= 4 is 15.9 Å². The summed E-state index contributed by atoms with van der Waals surface area (Å²) in [6.07, 6.45) is 6.08. The van der Waals surface area contributed by atoms with Gasteiger partial charge in [-0.2, -0.15) is 0 Å². The van der Waals surface area contributed by atoms with Crippen molar-refractivity contribution in [2.75, 3.05) is 5.33 Å². The van der Waals surface area contributed by atoms with E-state index in [1.807, 2.05) is 0 Å². The van der Waals surface area contributed by atoms with Gasteiger partial charge in [-0.1, -0.05) is 28.8 Å². The van der Waals surface area contributed by atoms with Crippen LogP contribution in [-0.4, -0.2) is 5.33 Å². The summed E-state index contributed by atoms with van der Waals surface area (Å²) in [4.78, 5) is 0. The second-order valence-corrected chi connectivity index (χ2v) is 4.15. The molecular formula is C8H13Br. The quantitative estimate of drug-likeness (QED) is 0.556. The molecule has 0 bridgehead atoms. The van der Waals surface area contributed by atoms with Crippen LogP contribution in [0.1, 0.15) is 25.7 Å². The van der Waals surface area contributed by atoms with E-state index in [4.69, 9.17) is 0 Å². The van der Waals surface area contributed by atoms with E-state index in [0.717, 1.165) is 17.8 Å². The fourth-order valence-corrected chi connectivity index (χ4v) is 3.03. The van der Waals surface area contributed by atoms with Crippen LogP contribution in [0.3, 0.4) is 0 Å². The molecule has 1 heteroatoms. The van der Waals surface area contributed by atoms with E-state index in [1.54, 1.807) is 6.42 Å². The molecule has 2 aliphatic rings. The van der Waals surface area contributed by atoms with E-state index in [1.165, 1.54) is 24.6 Å². The molecule has 0 aromatic heterocycles. The molecular weight excluding hydrogens is 176 g/mol. The molecule has 0 N–H and O–H groups in total. The van der Waals surface area contributed by atoms with E-state index in [2.05, 4.69) is 15.9 Å². The molecule has 0 saturated heterocycles. The van der Waals surface area contributed by atoms with Crippen molar-refractivity contribution in [3.05, 3.63) is 0 Å². The number of rotatable bonds is 1.